The highest BCUT2D eigenvalue weighted by Gasteiger charge is 2.32. The smallest absolute Gasteiger partial charge is 0.328 e. The van der Waals surface area contributed by atoms with E-state index in [9.17, 15) is 14.7 Å². The molecule has 4 aromatic rings. The number of aryl methyl sites for hydroxylation is 1. The second kappa shape index (κ2) is 15.3. The van der Waals surface area contributed by atoms with Crippen molar-refractivity contribution < 1.29 is 28.9 Å². The molecule has 0 spiro atoms. The quantitative estimate of drug-likeness (QED) is 0.143. The minimum Gasteiger partial charge on any atom is -0.467 e. The fourth-order valence-corrected chi connectivity index (χ4v) is 6.62. The summed E-state index contributed by atoms with van der Waals surface area (Å²) in [4.78, 5) is 25.1. The van der Waals surface area contributed by atoms with Crippen molar-refractivity contribution in [2.24, 2.45) is 0 Å². The molecule has 1 fully saturated rings. The molecule has 10 nitrogen and oxygen atoms in total. The fourth-order valence-electron chi connectivity index (χ4n) is 4.76. The number of aromatic nitrogens is 2. The molecular formula is C32H34N4O6S2. The maximum absolute atomic E-state index is 12.8. The van der Waals surface area contributed by atoms with Gasteiger partial charge in [0.2, 0.25) is 0 Å². The van der Waals surface area contributed by atoms with Crippen LogP contribution in [0.5, 0.6) is 0 Å². The van der Waals surface area contributed by atoms with Crippen molar-refractivity contribution in [1.29, 1.82) is 0 Å². The van der Waals surface area contributed by atoms with Crippen molar-refractivity contribution in [3.63, 3.8) is 0 Å². The molecule has 0 unspecified atom stereocenters. The molecule has 44 heavy (non-hydrogen) atoms. The van der Waals surface area contributed by atoms with Crippen LogP contribution in [-0.2, 0) is 32.0 Å². The molecule has 1 aromatic heterocycles. The van der Waals surface area contributed by atoms with E-state index in [1.54, 1.807) is 35.2 Å². The molecule has 3 aromatic carbocycles. The van der Waals surface area contributed by atoms with E-state index in [4.69, 9.17) is 14.2 Å². The molecule has 2 heterocycles. The molecule has 1 aliphatic rings. The molecule has 0 saturated carbocycles. The van der Waals surface area contributed by atoms with Crippen LogP contribution >= 0.6 is 23.1 Å². The van der Waals surface area contributed by atoms with Crippen molar-refractivity contribution in [2.45, 2.75) is 55.3 Å². The maximum Gasteiger partial charge on any atom is 0.328 e. The lowest BCUT2D eigenvalue weighted by Gasteiger charge is -2.36. The van der Waals surface area contributed by atoms with Gasteiger partial charge < -0.3 is 30.0 Å². The zero-order chi connectivity index (χ0) is 30.9. The molecule has 0 bridgehead atoms. The summed E-state index contributed by atoms with van der Waals surface area (Å²) in [6, 6.07) is 23.0. The minimum absolute atomic E-state index is 0.0210. The summed E-state index contributed by atoms with van der Waals surface area (Å²) in [6.45, 7) is 1.91. The van der Waals surface area contributed by atoms with Gasteiger partial charge in [0.05, 0.1) is 25.9 Å². The molecule has 1 aliphatic heterocycles. The standard InChI is InChI=1S/C32H34N4O6S2/c1-20-35-36-32(44-20)43-19-26-17-28(23-10-8-22(18-37)9-11-23)42-30(41-26)24-12-14-25(15-13-24)33-31(39)34-27(29(38)40-2)16-21-6-4-3-5-7-21/h3-15,26-28,30,37H,16-19H2,1-2H3,(H2,33,34,39)/t26-,27-,28+,30+/m0/s1. The van der Waals surface area contributed by atoms with Gasteiger partial charge in [-0.25, -0.2) is 9.59 Å². The summed E-state index contributed by atoms with van der Waals surface area (Å²) in [6.07, 6.45) is -0.00611. The lowest BCUT2D eigenvalue weighted by Crippen LogP contribution is -2.45. The Labute approximate surface area is 264 Å². The zero-order valence-electron chi connectivity index (χ0n) is 24.3. The molecule has 4 atom stereocenters. The Morgan fingerprint density at radius 1 is 1.00 bits per heavy atom. The lowest BCUT2D eigenvalue weighted by atomic mass is 10.0. The number of aliphatic hydroxyl groups excluding tert-OH is 1. The number of anilines is 1. The number of methoxy groups -OCH3 is 1. The summed E-state index contributed by atoms with van der Waals surface area (Å²) in [5, 5.41) is 24.2. The first-order valence-electron chi connectivity index (χ1n) is 14.1. The molecule has 0 radical (unpaired) electrons. The fraction of sp³-hybridized carbons (Fsp3) is 0.312. The Morgan fingerprint density at radius 3 is 2.39 bits per heavy atom. The van der Waals surface area contributed by atoms with E-state index < -0.39 is 24.3 Å². The van der Waals surface area contributed by atoms with Gasteiger partial charge in [0.25, 0.3) is 0 Å². The lowest BCUT2D eigenvalue weighted by molar-refractivity contribution is -0.245. The van der Waals surface area contributed by atoms with Gasteiger partial charge >= 0.3 is 12.0 Å². The number of benzene rings is 3. The van der Waals surface area contributed by atoms with Gasteiger partial charge in [-0.2, -0.15) is 0 Å². The van der Waals surface area contributed by atoms with E-state index >= 15 is 0 Å². The first kappa shape index (κ1) is 31.6. The van der Waals surface area contributed by atoms with E-state index in [0.29, 0.717) is 24.3 Å². The van der Waals surface area contributed by atoms with Gasteiger partial charge in [0.15, 0.2) is 10.6 Å². The van der Waals surface area contributed by atoms with E-state index in [1.165, 1.54) is 7.11 Å². The van der Waals surface area contributed by atoms with E-state index in [1.807, 2.05) is 73.7 Å². The molecule has 230 valence electrons. The predicted octanol–water partition coefficient (Wildman–Crippen LogP) is 5.58. The van der Waals surface area contributed by atoms with Gasteiger partial charge in [-0.3, -0.25) is 0 Å². The number of hydrogen-bond acceptors (Lipinski definition) is 10. The number of ether oxygens (including phenoxy) is 3. The average Bonchev–Trinajstić information content (AvgIpc) is 3.48. The summed E-state index contributed by atoms with van der Waals surface area (Å²) >= 11 is 3.16. The minimum atomic E-state index is -0.840. The normalized spacial score (nSPS) is 18.8. The number of esters is 1. The van der Waals surface area contributed by atoms with Gasteiger partial charge in [0, 0.05) is 29.8 Å². The Bertz CT molecular complexity index is 1520. The molecule has 5 rings (SSSR count). The summed E-state index contributed by atoms with van der Waals surface area (Å²) in [5.41, 5.74) is 4.08. The Morgan fingerprint density at radius 2 is 1.73 bits per heavy atom. The van der Waals surface area contributed by atoms with E-state index in [0.717, 1.165) is 31.6 Å². The topological polar surface area (TPSA) is 132 Å². The van der Waals surface area contributed by atoms with Gasteiger partial charge in [0.1, 0.15) is 11.0 Å². The number of amides is 2. The number of hydrogen-bond donors (Lipinski definition) is 3. The second-order valence-electron chi connectivity index (χ2n) is 10.2. The zero-order valence-corrected chi connectivity index (χ0v) is 26.0. The predicted molar refractivity (Wildman–Crippen MR) is 168 cm³/mol. The van der Waals surface area contributed by atoms with Crippen LogP contribution in [0.1, 0.15) is 46.1 Å². The van der Waals surface area contributed by atoms with Crippen LogP contribution in [0, 0.1) is 6.92 Å². The second-order valence-corrected chi connectivity index (χ2v) is 12.7. The molecule has 0 aliphatic carbocycles. The highest BCUT2D eigenvalue weighted by Crippen LogP contribution is 2.39. The largest absolute Gasteiger partial charge is 0.467 e. The monoisotopic (exact) mass is 634 g/mol. The molecule has 3 N–H and O–H groups in total. The number of nitrogens with zero attached hydrogens (tertiary/aromatic N) is 2. The highest BCUT2D eigenvalue weighted by atomic mass is 32.2. The number of nitrogens with one attached hydrogen (secondary N) is 2. The van der Waals surface area contributed by atoms with Crippen molar-refractivity contribution in [2.75, 3.05) is 18.2 Å². The number of carbonyl (C=O) groups excluding carboxylic acids is 2. The van der Waals surface area contributed by atoms with E-state index in [-0.39, 0.29) is 18.8 Å². The van der Waals surface area contributed by atoms with Crippen molar-refractivity contribution in [3.05, 3.63) is 106 Å². The van der Waals surface area contributed by atoms with Crippen LogP contribution in [0.15, 0.2) is 83.2 Å². The number of carbonyl (C=O) groups is 2. The van der Waals surface area contributed by atoms with Gasteiger partial charge in [-0.1, -0.05) is 89.8 Å². The van der Waals surface area contributed by atoms with Crippen molar-refractivity contribution in [3.8, 4) is 0 Å². The third-order valence-electron chi connectivity index (χ3n) is 7.03. The molecule has 12 heteroatoms. The SMILES string of the molecule is COC(=O)[C@H](Cc1ccccc1)NC(=O)Nc1ccc([C@@H]2O[C@H](CSc3nnc(C)s3)C[C@H](c3ccc(CO)cc3)O2)cc1. The van der Waals surface area contributed by atoms with Gasteiger partial charge in [-0.05, 0) is 35.7 Å². The molecule has 1 saturated heterocycles. The van der Waals surface area contributed by atoms with Crippen LogP contribution in [0.25, 0.3) is 0 Å². The van der Waals surface area contributed by atoms with E-state index in [2.05, 4.69) is 20.8 Å². The number of urea groups is 1. The first-order valence-corrected chi connectivity index (χ1v) is 15.9. The van der Waals surface area contributed by atoms with Crippen LogP contribution < -0.4 is 10.6 Å². The van der Waals surface area contributed by atoms with Crippen LogP contribution in [0.3, 0.4) is 0 Å². The number of thioether (sulfide) groups is 1. The third-order valence-corrected chi connectivity index (χ3v) is 9.13. The van der Waals surface area contributed by atoms with Crippen molar-refractivity contribution >= 4 is 40.8 Å². The Kier molecular flexibility index (Phi) is 11.0. The maximum atomic E-state index is 12.8. The van der Waals surface area contributed by atoms with Crippen LogP contribution in [-0.4, -0.2) is 52.3 Å². The Balaban J connectivity index is 1.25. The number of aliphatic hydroxyl groups is 1. The molecule has 2 amide bonds. The number of rotatable bonds is 11. The highest BCUT2D eigenvalue weighted by molar-refractivity contribution is 8.01. The van der Waals surface area contributed by atoms with Crippen LogP contribution in [0.2, 0.25) is 0 Å². The van der Waals surface area contributed by atoms with Gasteiger partial charge in [-0.15, -0.1) is 10.2 Å². The summed E-state index contributed by atoms with van der Waals surface area (Å²) < 4.78 is 18.6. The summed E-state index contributed by atoms with van der Waals surface area (Å²) in [7, 11) is 1.29. The van der Waals surface area contributed by atoms with Crippen LogP contribution in [0.4, 0.5) is 10.5 Å². The average molecular weight is 635 g/mol. The third kappa shape index (κ3) is 8.64. The van der Waals surface area contributed by atoms with Crippen molar-refractivity contribution in [1.82, 2.24) is 15.5 Å². The summed E-state index contributed by atoms with van der Waals surface area (Å²) in [5.74, 6) is 0.157. The molecular weight excluding hydrogens is 601 g/mol. The first-order chi connectivity index (χ1) is 21.4. The Hall–Kier alpha value is -3.81.